The number of rotatable bonds is 5. The van der Waals surface area contributed by atoms with Crippen LogP contribution < -0.4 is 5.32 Å². The molecule has 0 saturated carbocycles. The summed E-state index contributed by atoms with van der Waals surface area (Å²) in [6.07, 6.45) is 0.187. The summed E-state index contributed by atoms with van der Waals surface area (Å²) in [5, 5.41) is 1.46. The Morgan fingerprint density at radius 2 is 1.70 bits per heavy atom. The number of piperidine rings is 1. The number of fused-ring (bicyclic) bond motifs is 1. The molecule has 0 aromatic heterocycles. The fraction of sp³-hybridized carbons (Fsp3) is 0.273. The van der Waals surface area contributed by atoms with E-state index in [4.69, 9.17) is 11.6 Å². The highest BCUT2D eigenvalue weighted by Crippen LogP contribution is 2.38. The summed E-state index contributed by atoms with van der Waals surface area (Å²) in [6, 6.07) is 9.76. The average molecular weight is 521 g/mol. The van der Waals surface area contributed by atoms with Gasteiger partial charge in [0.25, 0.3) is 11.8 Å². The van der Waals surface area contributed by atoms with Gasteiger partial charge in [0.2, 0.25) is 19.8 Å². The minimum Gasteiger partial charge on any atom is -0.393 e. The first-order valence-corrected chi connectivity index (χ1v) is 12.2. The molecule has 2 aromatic rings. The van der Waals surface area contributed by atoms with Gasteiger partial charge in [0, 0.05) is 28.5 Å². The molecule has 2 aliphatic heterocycles. The van der Waals surface area contributed by atoms with Gasteiger partial charge in [0.05, 0.1) is 5.44 Å². The predicted molar refractivity (Wildman–Crippen MR) is 147 cm³/mol. The maximum absolute atomic E-state index is 15.1. The minimum atomic E-state index is -3.78. The number of alkyl halides is 2. The third-order valence-corrected chi connectivity index (χ3v) is 7.96. The summed E-state index contributed by atoms with van der Waals surface area (Å²) in [4.78, 5) is 53.3. The quantitative estimate of drug-likeness (QED) is 0.353. The van der Waals surface area contributed by atoms with Crippen molar-refractivity contribution in [3.63, 3.8) is 0 Å². The minimum absolute atomic E-state index is 0.113. The van der Waals surface area contributed by atoms with Crippen molar-refractivity contribution in [2.45, 2.75) is 35.5 Å². The summed E-state index contributed by atoms with van der Waals surface area (Å²) in [5.41, 5.74) is -0.137. The number of hydrogen-bond donors (Lipinski definition) is 1. The van der Waals surface area contributed by atoms with Crippen LogP contribution in [0.1, 0.15) is 33.5 Å². The van der Waals surface area contributed by atoms with Crippen LogP contribution in [0.4, 0.5) is 8.78 Å². The molecule has 1 fully saturated rings. The zero-order chi connectivity index (χ0) is 27.5. The molecule has 1 saturated heterocycles. The van der Waals surface area contributed by atoms with Gasteiger partial charge < -0.3 is 9.71 Å². The van der Waals surface area contributed by atoms with Crippen molar-refractivity contribution in [3.8, 4) is 0 Å². The highest BCUT2D eigenvalue weighted by Gasteiger charge is 2.51. The van der Waals surface area contributed by atoms with Gasteiger partial charge in [-0.1, -0.05) is 35.9 Å². The van der Waals surface area contributed by atoms with Gasteiger partial charge in [0.1, 0.15) is 31.4 Å². The molecule has 4 rings (SSSR count). The van der Waals surface area contributed by atoms with Crippen molar-refractivity contribution in [2.75, 3.05) is 0 Å². The average Bonchev–Trinajstić information content (AvgIpc) is 3.18. The third kappa shape index (κ3) is 4.39. The van der Waals surface area contributed by atoms with E-state index >= 15 is 8.78 Å². The zero-order valence-electron chi connectivity index (χ0n) is 21.2. The second kappa shape index (κ2) is 9.08. The number of nitrogens with one attached hydrogen (secondary N) is 1. The molecule has 0 bridgehead atoms. The van der Waals surface area contributed by atoms with E-state index in [1.54, 1.807) is 49.6 Å². The molecule has 186 valence electrons. The highest BCUT2D eigenvalue weighted by atomic mass is 35.5. The molecule has 2 aliphatic rings. The molecule has 0 aliphatic carbocycles. The molecule has 2 heterocycles. The largest absolute Gasteiger partial charge is 0.393 e. The molecule has 0 radical (unpaired) electrons. The second-order valence-corrected chi connectivity index (χ2v) is 10.9. The molecule has 15 heteroatoms. The molecule has 2 atom stereocenters. The van der Waals surface area contributed by atoms with Gasteiger partial charge in [0.15, 0.2) is 0 Å². The lowest BCUT2D eigenvalue weighted by molar-refractivity contribution is -0.155. The molecule has 4 amide bonds. The summed E-state index contributed by atoms with van der Waals surface area (Å²) in [5.74, 6) is -6.88. The maximum Gasteiger partial charge on any atom is 0.348 e. The SMILES string of the molecule is BC1C[C@](B)(N2Cc3cc(C(B)(B)N(B)C(=O)C(F)(F)c4ccc(Cl)cc4)ccc3C2=O)C(=O)NC1=O. The molecular weight excluding hydrogens is 498 g/mol. The van der Waals surface area contributed by atoms with Crippen LogP contribution in [-0.2, 0) is 32.2 Å². The Morgan fingerprint density at radius 1 is 1.11 bits per heavy atom. The fourth-order valence-electron chi connectivity index (χ4n) is 4.92. The van der Waals surface area contributed by atoms with Crippen molar-refractivity contribution in [2.24, 2.45) is 0 Å². The van der Waals surface area contributed by atoms with Crippen molar-refractivity contribution in [1.29, 1.82) is 0 Å². The third-order valence-electron chi connectivity index (χ3n) is 7.71. The Kier molecular flexibility index (Phi) is 6.63. The number of hydrogen-bond acceptors (Lipinski definition) is 4. The lowest BCUT2D eigenvalue weighted by Crippen LogP contribution is -2.64. The summed E-state index contributed by atoms with van der Waals surface area (Å²) < 4.78 is 30.2. The van der Waals surface area contributed by atoms with Crippen LogP contribution in [0.2, 0.25) is 10.8 Å². The lowest BCUT2D eigenvalue weighted by Gasteiger charge is -2.42. The fourth-order valence-corrected chi connectivity index (χ4v) is 5.05. The Morgan fingerprint density at radius 3 is 2.32 bits per heavy atom. The van der Waals surface area contributed by atoms with E-state index in [2.05, 4.69) is 5.32 Å². The van der Waals surface area contributed by atoms with Crippen molar-refractivity contribution < 1.29 is 28.0 Å². The van der Waals surface area contributed by atoms with Gasteiger partial charge in [-0.2, -0.15) is 8.78 Å². The van der Waals surface area contributed by atoms with Crippen LogP contribution in [0, 0.1) is 0 Å². The zero-order valence-corrected chi connectivity index (χ0v) is 22.0. The number of benzene rings is 2. The van der Waals surface area contributed by atoms with E-state index in [1.807, 2.05) is 0 Å². The number of carbonyl (C=O) groups is 4. The van der Waals surface area contributed by atoms with Gasteiger partial charge >= 0.3 is 5.92 Å². The van der Waals surface area contributed by atoms with Crippen LogP contribution in [0.5, 0.6) is 0 Å². The smallest absolute Gasteiger partial charge is 0.348 e. The van der Waals surface area contributed by atoms with Crippen LogP contribution in [0.25, 0.3) is 0 Å². The molecule has 2 aromatic carbocycles. The van der Waals surface area contributed by atoms with Crippen LogP contribution in [0.15, 0.2) is 42.5 Å². The summed E-state index contributed by atoms with van der Waals surface area (Å²) >= 11 is 5.80. The summed E-state index contributed by atoms with van der Waals surface area (Å²) in [6.45, 7) is 0.113. The van der Waals surface area contributed by atoms with Gasteiger partial charge in [-0.15, -0.1) is 0 Å². The monoisotopic (exact) mass is 521 g/mol. The number of imide groups is 1. The topological polar surface area (TPSA) is 86.8 Å². The molecule has 1 unspecified atom stereocenters. The lowest BCUT2D eigenvalue weighted by atomic mass is 9.55. The highest BCUT2D eigenvalue weighted by molar-refractivity contribution is 6.43. The molecule has 1 N–H and O–H groups in total. The van der Waals surface area contributed by atoms with Crippen molar-refractivity contribution in [1.82, 2.24) is 15.0 Å². The Labute approximate surface area is 222 Å². The van der Waals surface area contributed by atoms with Gasteiger partial charge in [-0.3, -0.25) is 24.5 Å². The first kappa shape index (κ1) is 27.0. The first-order valence-electron chi connectivity index (χ1n) is 11.8. The maximum atomic E-state index is 15.1. The molecule has 0 spiro atoms. The van der Waals surface area contributed by atoms with Gasteiger partial charge in [-0.25, -0.2) is 0 Å². The van der Waals surface area contributed by atoms with E-state index in [1.165, 1.54) is 25.0 Å². The van der Waals surface area contributed by atoms with Crippen LogP contribution in [-0.4, -0.2) is 78.1 Å². The molecular formula is C22H23B5ClF2N3O4. The summed E-state index contributed by atoms with van der Waals surface area (Å²) in [7, 11) is 7.92. The van der Waals surface area contributed by atoms with Gasteiger partial charge in [-0.05, 0) is 41.1 Å². The van der Waals surface area contributed by atoms with E-state index < -0.39 is 39.9 Å². The van der Waals surface area contributed by atoms with Crippen LogP contribution in [0.3, 0.4) is 0 Å². The standard InChI is InChI=1S/C22H23B5ClF2N3O4/c23-15-8-20(24,18(36)31-16(15)34)32-9-10-7-12(3-6-14(10)17(32)35)22(25,26)33(27)19(37)21(29,30)11-1-4-13(28)5-2-11/h1-7,15H,8-9,23-27H2,(H,31,34,36)/t15?,20-/m0/s1. The number of nitrogens with zero attached hydrogens (tertiary/aromatic N) is 2. The Bertz CT molecular complexity index is 1330. The normalized spacial score (nSPS) is 22.0. The second-order valence-electron chi connectivity index (χ2n) is 10.5. The van der Waals surface area contributed by atoms with Crippen LogP contribution >= 0.6 is 11.6 Å². The first-order chi connectivity index (χ1) is 17.1. The molecule has 37 heavy (non-hydrogen) atoms. The molecule has 7 nitrogen and oxygen atoms in total. The Hall–Kier alpha value is -3.01. The van der Waals surface area contributed by atoms with E-state index in [0.29, 0.717) is 16.7 Å². The van der Waals surface area contributed by atoms with Crippen molar-refractivity contribution in [3.05, 3.63) is 69.7 Å². The Balaban J connectivity index is 1.61. The van der Waals surface area contributed by atoms with Crippen molar-refractivity contribution >= 4 is 74.6 Å². The number of amides is 4. The predicted octanol–water partition coefficient (Wildman–Crippen LogP) is -2.36. The van der Waals surface area contributed by atoms with E-state index in [9.17, 15) is 19.2 Å². The number of halogens is 3. The van der Waals surface area contributed by atoms with E-state index in [0.717, 1.165) is 16.9 Å². The number of carbonyl (C=O) groups excluding carboxylic acids is 4. The van der Waals surface area contributed by atoms with E-state index in [-0.39, 0.29) is 29.8 Å².